The van der Waals surface area contributed by atoms with Crippen LogP contribution in [0.1, 0.15) is 37.8 Å². The second kappa shape index (κ2) is 7.17. The first-order valence-corrected chi connectivity index (χ1v) is 6.52. The number of amides is 1. The lowest BCUT2D eigenvalue weighted by atomic mass is 9.96. The molecule has 0 unspecified atom stereocenters. The molecule has 1 aromatic carbocycles. The Labute approximate surface area is 109 Å². The van der Waals surface area contributed by atoms with Crippen LogP contribution in [-0.2, 0) is 11.2 Å². The highest BCUT2D eigenvalue weighted by Crippen LogP contribution is 2.17. The summed E-state index contributed by atoms with van der Waals surface area (Å²) in [4.78, 5) is 11.7. The van der Waals surface area contributed by atoms with Crippen LogP contribution < -0.4 is 5.32 Å². The lowest BCUT2D eigenvalue weighted by molar-refractivity contribution is -0.122. The molecule has 1 atom stereocenters. The van der Waals surface area contributed by atoms with E-state index in [0.717, 1.165) is 12.0 Å². The molecular weight excluding hydrogens is 226 g/mol. The number of benzene rings is 1. The minimum absolute atomic E-state index is 0.0220. The SMILES string of the molecule is CC(C)Cc1ccc([C@H](C)C(=O)NCCO)cc1. The second-order valence-corrected chi connectivity index (χ2v) is 5.08. The van der Waals surface area contributed by atoms with Crippen LogP contribution in [0, 0.1) is 5.92 Å². The average Bonchev–Trinajstić information content (AvgIpc) is 2.35. The van der Waals surface area contributed by atoms with Crippen molar-refractivity contribution in [1.29, 1.82) is 0 Å². The summed E-state index contributed by atoms with van der Waals surface area (Å²) in [5.41, 5.74) is 2.31. The van der Waals surface area contributed by atoms with Crippen LogP contribution in [0.15, 0.2) is 24.3 Å². The van der Waals surface area contributed by atoms with Crippen molar-refractivity contribution in [2.45, 2.75) is 33.1 Å². The van der Waals surface area contributed by atoms with Crippen molar-refractivity contribution >= 4 is 5.91 Å². The third-order valence-corrected chi connectivity index (χ3v) is 2.93. The standard InChI is InChI=1S/C15H23NO2/c1-11(2)10-13-4-6-14(7-5-13)12(3)15(18)16-8-9-17/h4-7,11-12,17H,8-10H2,1-3H3,(H,16,18)/t12-/m0/s1. The molecule has 0 heterocycles. The van der Waals surface area contributed by atoms with Crippen LogP contribution in [0.5, 0.6) is 0 Å². The molecule has 0 saturated heterocycles. The van der Waals surface area contributed by atoms with E-state index < -0.39 is 0 Å². The Bertz CT molecular complexity index is 371. The molecule has 3 heteroatoms. The summed E-state index contributed by atoms with van der Waals surface area (Å²) >= 11 is 0. The van der Waals surface area contributed by atoms with E-state index in [1.54, 1.807) is 0 Å². The molecular formula is C15H23NO2. The zero-order valence-corrected chi connectivity index (χ0v) is 11.4. The molecule has 1 rings (SSSR count). The Morgan fingerprint density at radius 3 is 2.33 bits per heavy atom. The van der Waals surface area contributed by atoms with Gasteiger partial charge >= 0.3 is 0 Å². The monoisotopic (exact) mass is 249 g/mol. The predicted molar refractivity (Wildman–Crippen MR) is 73.5 cm³/mol. The van der Waals surface area contributed by atoms with Gasteiger partial charge in [0.15, 0.2) is 0 Å². The first kappa shape index (κ1) is 14.7. The van der Waals surface area contributed by atoms with Crippen LogP contribution in [0.25, 0.3) is 0 Å². The van der Waals surface area contributed by atoms with E-state index in [1.165, 1.54) is 5.56 Å². The normalized spacial score (nSPS) is 12.5. The number of rotatable bonds is 6. The molecule has 18 heavy (non-hydrogen) atoms. The number of aliphatic hydroxyl groups excluding tert-OH is 1. The summed E-state index contributed by atoms with van der Waals surface area (Å²) < 4.78 is 0. The fraction of sp³-hybridized carbons (Fsp3) is 0.533. The van der Waals surface area contributed by atoms with E-state index >= 15 is 0 Å². The Kier molecular flexibility index (Phi) is 5.86. The Balaban J connectivity index is 2.63. The maximum absolute atomic E-state index is 11.7. The number of carbonyl (C=O) groups is 1. The molecule has 100 valence electrons. The second-order valence-electron chi connectivity index (χ2n) is 5.08. The molecule has 2 N–H and O–H groups in total. The van der Waals surface area contributed by atoms with E-state index in [0.29, 0.717) is 12.5 Å². The van der Waals surface area contributed by atoms with Gasteiger partial charge in [0.1, 0.15) is 0 Å². The number of carbonyl (C=O) groups excluding carboxylic acids is 1. The third kappa shape index (κ3) is 4.49. The van der Waals surface area contributed by atoms with Crippen LogP contribution >= 0.6 is 0 Å². The largest absolute Gasteiger partial charge is 0.395 e. The highest BCUT2D eigenvalue weighted by molar-refractivity contribution is 5.83. The van der Waals surface area contributed by atoms with Crippen LogP contribution in [-0.4, -0.2) is 24.2 Å². The molecule has 0 saturated carbocycles. The highest BCUT2D eigenvalue weighted by Gasteiger charge is 2.14. The van der Waals surface area contributed by atoms with Gasteiger partial charge < -0.3 is 10.4 Å². The number of nitrogens with one attached hydrogen (secondary N) is 1. The molecule has 3 nitrogen and oxygen atoms in total. The maximum Gasteiger partial charge on any atom is 0.227 e. The van der Waals surface area contributed by atoms with Crippen molar-refractivity contribution in [3.05, 3.63) is 35.4 Å². The van der Waals surface area contributed by atoms with Crippen molar-refractivity contribution in [1.82, 2.24) is 5.32 Å². The van der Waals surface area contributed by atoms with Gasteiger partial charge in [0.05, 0.1) is 12.5 Å². The predicted octanol–water partition coefficient (Wildman–Crippen LogP) is 2.10. The molecule has 1 amide bonds. The molecule has 0 radical (unpaired) electrons. The first-order chi connectivity index (χ1) is 8.54. The molecule has 0 fully saturated rings. The minimum Gasteiger partial charge on any atom is -0.395 e. The molecule has 0 spiro atoms. The van der Waals surface area contributed by atoms with Crippen molar-refractivity contribution in [2.24, 2.45) is 5.92 Å². The zero-order valence-electron chi connectivity index (χ0n) is 11.4. The van der Waals surface area contributed by atoms with Gasteiger partial charge in [-0.3, -0.25) is 4.79 Å². The van der Waals surface area contributed by atoms with E-state index in [-0.39, 0.29) is 18.4 Å². The topological polar surface area (TPSA) is 49.3 Å². The number of aliphatic hydroxyl groups is 1. The van der Waals surface area contributed by atoms with Crippen molar-refractivity contribution in [3.8, 4) is 0 Å². The third-order valence-electron chi connectivity index (χ3n) is 2.93. The minimum atomic E-state index is -0.176. The van der Waals surface area contributed by atoms with E-state index in [2.05, 4.69) is 31.3 Å². The number of hydrogen-bond acceptors (Lipinski definition) is 2. The van der Waals surface area contributed by atoms with Crippen molar-refractivity contribution < 1.29 is 9.90 Å². The van der Waals surface area contributed by atoms with E-state index in [9.17, 15) is 4.79 Å². The molecule has 1 aromatic rings. The Hall–Kier alpha value is -1.35. The van der Waals surface area contributed by atoms with Crippen LogP contribution in [0.2, 0.25) is 0 Å². The van der Waals surface area contributed by atoms with Gasteiger partial charge in [0.2, 0.25) is 5.91 Å². The fourth-order valence-corrected chi connectivity index (χ4v) is 1.90. The van der Waals surface area contributed by atoms with Crippen molar-refractivity contribution in [2.75, 3.05) is 13.2 Å². The highest BCUT2D eigenvalue weighted by atomic mass is 16.3. The summed E-state index contributed by atoms with van der Waals surface area (Å²) in [6, 6.07) is 8.21. The summed E-state index contributed by atoms with van der Waals surface area (Å²) in [5.74, 6) is 0.423. The average molecular weight is 249 g/mol. The van der Waals surface area contributed by atoms with Gasteiger partial charge in [0.25, 0.3) is 0 Å². The van der Waals surface area contributed by atoms with Crippen LogP contribution in [0.4, 0.5) is 0 Å². The summed E-state index contributed by atoms with van der Waals surface area (Å²) in [6.45, 7) is 6.56. The van der Waals surface area contributed by atoms with E-state index in [1.807, 2.05) is 19.1 Å². The van der Waals surface area contributed by atoms with E-state index in [4.69, 9.17) is 5.11 Å². The lowest BCUT2D eigenvalue weighted by Crippen LogP contribution is -2.30. The smallest absolute Gasteiger partial charge is 0.227 e. The zero-order chi connectivity index (χ0) is 13.5. The molecule has 0 aliphatic rings. The summed E-state index contributed by atoms with van der Waals surface area (Å²) in [5, 5.41) is 11.4. The van der Waals surface area contributed by atoms with Gasteiger partial charge in [-0.25, -0.2) is 0 Å². The van der Waals surface area contributed by atoms with Gasteiger partial charge in [-0.05, 0) is 30.4 Å². The maximum atomic E-state index is 11.7. The number of hydrogen-bond donors (Lipinski definition) is 2. The Morgan fingerprint density at radius 2 is 1.83 bits per heavy atom. The quantitative estimate of drug-likeness (QED) is 0.811. The molecule has 0 aliphatic carbocycles. The van der Waals surface area contributed by atoms with Gasteiger partial charge in [0, 0.05) is 6.54 Å². The Morgan fingerprint density at radius 1 is 1.22 bits per heavy atom. The molecule has 0 aromatic heterocycles. The van der Waals surface area contributed by atoms with Crippen molar-refractivity contribution in [3.63, 3.8) is 0 Å². The van der Waals surface area contributed by atoms with Crippen LogP contribution in [0.3, 0.4) is 0 Å². The fourth-order valence-electron chi connectivity index (χ4n) is 1.90. The summed E-state index contributed by atoms with van der Waals surface area (Å²) in [6.07, 6.45) is 1.06. The molecule has 0 aliphatic heterocycles. The summed E-state index contributed by atoms with van der Waals surface area (Å²) in [7, 11) is 0. The molecule has 0 bridgehead atoms. The van der Waals surface area contributed by atoms with Gasteiger partial charge in [-0.15, -0.1) is 0 Å². The first-order valence-electron chi connectivity index (χ1n) is 6.52. The van der Waals surface area contributed by atoms with Gasteiger partial charge in [-0.2, -0.15) is 0 Å². The lowest BCUT2D eigenvalue weighted by Gasteiger charge is -2.13. The van der Waals surface area contributed by atoms with Gasteiger partial charge in [-0.1, -0.05) is 38.1 Å².